The molecule has 1 aliphatic rings. The van der Waals surface area contributed by atoms with E-state index in [1.165, 1.54) is 36.0 Å². The number of aryl methyl sites for hydroxylation is 4. The Labute approximate surface area is 133 Å². The van der Waals surface area contributed by atoms with E-state index in [0.717, 1.165) is 26.5 Å². The molecule has 3 aromatic rings. The van der Waals surface area contributed by atoms with Gasteiger partial charge in [-0.3, -0.25) is 4.79 Å². The van der Waals surface area contributed by atoms with Crippen molar-refractivity contribution in [1.82, 2.24) is 9.97 Å². The Morgan fingerprint density at radius 3 is 2.86 bits per heavy atom. The van der Waals surface area contributed by atoms with E-state index >= 15 is 0 Å². The predicted octanol–water partition coefficient (Wildman–Crippen LogP) is 3.68. The lowest BCUT2D eigenvalue weighted by Gasteiger charge is -2.05. The smallest absolute Gasteiger partial charge is 0.259 e. The Bertz CT molecular complexity index is 936. The summed E-state index contributed by atoms with van der Waals surface area (Å²) in [4.78, 5) is 22.1. The Morgan fingerprint density at radius 1 is 1.18 bits per heavy atom. The van der Waals surface area contributed by atoms with Crippen LogP contribution in [0.3, 0.4) is 0 Å². The van der Waals surface area contributed by atoms with Crippen LogP contribution in [0.2, 0.25) is 0 Å². The molecule has 1 N–H and O–H groups in total. The molecule has 2 heterocycles. The molecule has 0 bridgehead atoms. The number of H-pyrrole nitrogens is 1. The van der Waals surface area contributed by atoms with E-state index in [1.807, 2.05) is 13.8 Å². The number of hydrogen-bond donors (Lipinski definition) is 1. The summed E-state index contributed by atoms with van der Waals surface area (Å²) in [5, 5.41) is 0.750. The molecule has 0 saturated heterocycles. The first-order valence-electron chi connectivity index (χ1n) is 7.71. The van der Waals surface area contributed by atoms with Gasteiger partial charge >= 0.3 is 0 Å². The number of fused-ring (bicyclic) bond motifs is 2. The molecule has 0 saturated carbocycles. The van der Waals surface area contributed by atoms with Crippen LogP contribution in [0.4, 0.5) is 0 Å². The lowest BCUT2D eigenvalue weighted by molar-refractivity contribution is 0.911. The molecule has 3 nitrogen and oxygen atoms in total. The van der Waals surface area contributed by atoms with Crippen LogP contribution in [0.1, 0.15) is 38.7 Å². The second kappa shape index (κ2) is 5.06. The van der Waals surface area contributed by atoms with Gasteiger partial charge in [0.2, 0.25) is 0 Å². The minimum Gasteiger partial charge on any atom is -0.310 e. The molecule has 4 rings (SSSR count). The zero-order chi connectivity index (χ0) is 15.3. The molecule has 0 spiro atoms. The highest BCUT2D eigenvalue weighted by Crippen LogP contribution is 2.27. The van der Waals surface area contributed by atoms with Crippen LogP contribution in [-0.4, -0.2) is 9.97 Å². The van der Waals surface area contributed by atoms with E-state index in [0.29, 0.717) is 6.42 Å². The van der Waals surface area contributed by atoms with Crippen molar-refractivity contribution >= 4 is 22.2 Å². The van der Waals surface area contributed by atoms with Crippen molar-refractivity contribution < 1.29 is 0 Å². The van der Waals surface area contributed by atoms with E-state index < -0.39 is 0 Å². The summed E-state index contributed by atoms with van der Waals surface area (Å²) in [6, 6.07) is 6.67. The quantitative estimate of drug-likeness (QED) is 0.785. The van der Waals surface area contributed by atoms with Crippen molar-refractivity contribution in [2.75, 3.05) is 0 Å². The topological polar surface area (TPSA) is 45.8 Å². The van der Waals surface area contributed by atoms with Gasteiger partial charge in [0.25, 0.3) is 5.56 Å². The molecule has 0 fully saturated rings. The summed E-state index contributed by atoms with van der Waals surface area (Å²) in [6.07, 6.45) is 4.32. The molecule has 4 heteroatoms. The van der Waals surface area contributed by atoms with Gasteiger partial charge in [-0.15, -0.1) is 11.3 Å². The van der Waals surface area contributed by atoms with Crippen molar-refractivity contribution in [2.24, 2.45) is 0 Å². The SMILES string of the molecule is Cc1sc(C)c2c(=O)[nH]c(Cc3ccc4c(c3)CCC4)nc12. The van der Waals surface area contributed by atoms with Gasteiger partial charge in [0.05, 0.1) is 10.9 Å². The average Bonchev–Trinajstić information content (AvgIpc) is 3.04. The van der Waals surface area contributed by atoms with Gasteiger partial charge in [-0.2, -0.15) is 0 Å². The normalized spacial score (nSPS) is 13.7. The van der Waals surface area contributed by atoms with Crippen molar-refractivity contribution in [2.45, 2.75) is 39.5 Å². The fourth-order valence-electron chi connectivity index (χ4n) is 3.44. The second-order valence-electron chi connectivity index (χ2n) is 6.08. The number of aromatic nitrogens is 2. The molecule has 0 unspecified atom stereocenters. The minimum atomic E-state index is -0.0111. The molecule has 1 aromatic carbocycles. The van der Waals surface area contributed by atoms with Crippen LogP contribution < -0.4 is 5.56 Å². The first kappa shape index (κ1) is 13.7. The summed E-state index contributed by atoms with van der Waals surface area (Å²) >= 11 is 1.65. The largest absolute Gasteiger partial charge is 0.310 e. The lowest BCUT2D eigenvalue weighted by Crippen LogP contribution is -2.12. The zero-order valence-electron chi connectivity index (χ0n) is 12.8. The van der Waals surface area contributed by atoms with Crippen LogP contribution in [-0.2, 0) is 19.3 Å². The van der Waals surface area contributed by atoms with E-state index in [9.17, 15) is 4.79 Å². The maximum absolute atomic E-state index is 12.3. The fourth-order valence-corrected chi connectivity index (χ4v) is 4.44. The van der Waals surface area contributed by atoms with Gasteiger partial charge in [-0.25, -0.2) is 4.98 Å². The molecule has 22 heavy (non-hydrogen) atoms. The molecule has 0 aliphatic heterocycles. The van der Waals surface area contributed by atoms with Crippen LogP contribution in [0.25, 0.3) is 10.9 Å². The minimum absolute atomic E-state index is 0.0111. The molecule has 0 atom stereocenters. The number of hydrogen-bond acceptors (Lipinski definition) is 3. The molecule has 112 valence electrons. The summed E-state index contributed by atoms with van der Waals surface area (Å²) in [6.45, 7) is 4.02. The third kappa shape index (κ3) is 2.18. The number of benzene rings is 1. The maximum Gasteiger partial charge on any atom is 0.259 e. The van der Waals surface area contributed by atoms with Gasteiger partial charge in [-0.1, -0.05) is 18.2 Å². The molecule has 0 amide bonds. The third-order valence-electron chi connectivity index (χ3n) is 4.49. The van der Waals surface area contributed by atoms with Crippen molar-refractivity contribution in [3.63, 3.8) is 0 Å². The first-order valence-corrected chi connectivity index (χ1v) is 8.53. The van der Waals surface area contributed by atoms with E-state index in [-0.39, 0.29) is 5.56 Å². The zero-order valence-corrected chi connectivity index (χ0v) is 13.6. The summed E-state index contributed by atoms with van der Waals surface area (Å²) < 4.78 is 0. The van der Waals surface area contributed by atoms with Crippen LogP contribution >= 0.6 is 11.3 Å². The monoisotopic (exact) mass is 310 g/mol. The maximum atomic E-state index is 12.3. The van der Waals surface area contributed by atoms with Gasteiger partial charge in [-0.05, 0) is 49.8 Å². The third-order valence-corrected chi connectivity index (χ3v) is 5.50. The van der Waals surface area contributed by atoms with E-state index in [1.54, 1.807) is 11.3 Å². The summed E-state index contributed by atoms with van der Waals surface area (Å²) in [5.41, 5.74) is 5.02. The Morgan fingerprint density at radius 2 is 2.00 bits per heavy atom. The highest BCUT2D eigenvalue weighted by molar-refractivity contribution is 7.13. The van der Waals surface area contributed by atoms with Gasteiger partial charge in [0.1, 0.15) is 5.82 Å². The van der Waals surface area contributed by atoms with Gasteiger partial charge in [0, 0.05) is 16.2 Å². The number of rotatable bonds is 2. The van der Waals surface area contributed by atoms with E-state index in [4.69, 9.17) is 4.98 Å². The van der Waals surface area contributed by atoms with Gasteiger partial charge in [0.15, 0.2) is 0 Å². The Kier molecular flexibility index (Phi) is 3.15. The van der Waals surface area contributed by atoms with Crippen LogP contribution in [0.5, 0.6) is 0 Å². The number of aromatic amines is 1. The number of thiophene rings is 1. The molecule has 1 aliphatic carbocycles. The van der Waals surface area contributed by atoms with Crippen molar-refractivity contribution in [3.8, 4) is 0 Å². The van der Waals surface area contributed by atoms with Crippen LogP contribution in [0.15, 0.2) is 23.0 Å². The Hall–Kier alpha value is -1.94. The molecular weight excluding hydrogens is 292 g/mol. The lowest BCUT2D eigenvalue weighted by atomic mass is 10.0. The first-order chi connectivity index (χ1) is 10.6. The fraction of sp³-hybridized carbons (Fsp3) is 0.333. The molecular formula is C18H18N2OS. The predicted molar refractivity (Wildman–Crippen MR) is 91.0 cm³/mol. The van der Waals surface area contributed by atoms with Gasteiger partial charge < -0.3 is 4.98 Å². The molecule has 2 aromatic heterocycles. The molecule has 0 radical (unpaired) electrons. The van der Waals surface area contributed by atoms with Crippen molar-refractivity contribution in [3.05, 3.63) is 60.8 Å². The standard InChI is InChI=1S/C18H18N2OS/c1-10-16-17(11(2)22-10)19-15(20-18(16)21)9-12-6-7-13-4-3-5-14(13)8-12/h6-8H,3-5,9H2,1-2H3,(H,19,20,21). The van der Waals surface area contributed by atoms with E-state index in [2.05, 4.69) is 23.2 Å². The Balaban J connectivity index is 1.75. The highest BCUT2D eigenvalue weighted by atomic mass is 32.1. The summed E-state index contributed by atoms with van der Waals surface area (Å²) in [5.74, 6) is 0.761. The second-order valence-corrected chi connectivity index (χ2v) is 7.51. The number of nitrogens with zero attached hydrogens (tertiary/aromatic N) is 1. The number of nitrogens with one attached hydrogen (secondary N) is 1. The van der Waals surface area contributed by atoms with Crippen LogP contribution in [0, 0.1) is 13.8 Å². The van der Waals surface area contributed by atoms with Crippen molar-refractivity contribution in [1.29, 1.82) is 0 Å². The average molecular weight is 310 g/mol. The highest BCUT2D eigenvalue weighted by Gasteiger charge is 2.14. The summed E-state index contributed by atoms with van der Waals surface area (Å²) in [7, 11) is 0.